The molecule has 1 heterocycles. The summed E-state index contributed by atoms with van der Waals surface area (Å²) in [5, 5.41) is 10.2. The van der Waals surface area contributed by atoms with Crippen molar-refractivity contribution in [1.29, 1.82) is 0 Å². The van der Waals surface area contributed by atoms with Gasteiger partial charge in [0.15, 0.2) is 5.82 Å². The first kappa shape index (κ1) is 18.2. The lowest BCUT2D eigenvalue weighted by Gasteiger charge is -2.18. The highest BCUT2D eigenvalue weighted by atomic mass is 32.2. The number of hydrogen-bond acceptors (Lipinski definition) is 4. The molecule has 2 N–H and O–H groups in total. The van der Waals surface area contributed by atoms with Crippen molar-refractivity contribution in [1.82, 2.24) is 4.72 Å². The second-order valence-electron chi connectivity index (χ2n) is 6.66. The maximum Gasteiger partial charge on any atom is 0.326 e. The van der Waals surface area contributed by atoms with Gasteiger partial charge in [0.1, 0.15) is 18.0 Å². The monoisotopic (exact) mass is 378 g/mol. The molecule has 1 saturated heterocycles. The normalized spacial score (nSPS) is 16.2. The van der Waals surface area contributed by atoms with Crippen LogP contribution in [0.3, 0.4) is 0 Å². The number of benzene rings is 2. The average Bonchev–Trinajstić information content (AvgIpc) is 2.79. The van der Waals surface area contributed by atoms with Crippen molar-refractivity contribution >= 4 is 21.8 Å². The summed E-state index contributed by atoms with van der Waals surface area (Å²) in [6, 6.07) is 9.95. The van der Waals surface area contributed by atoms with Crippen LogP contribution in [-0.2, 0) is 21.4 Å². The molecule has 1 aliphatic heterocycles. The van der Waals surface area contributed by atoms with Crippen LogP contribution >= 0.6 is 0 Å². The summed E-state index contributed by atoms with van der Waals surface area (Å²) in [5.41, 5.74) is 1.72. The SMILES string of the molecule is CC(C)Cc1ccc(-c2cc(O)c(N3CC(=O)NS3(=O)=O)c(F)c2)cc1. The summed E-state index contributed by atoms with van der Waals surface area (Å²) in [7, 11) is -4.20. The molecule has 2 aromatic carbocycles. The minimum absolute atomic E-state index is 0.413. The van der Waals surface area contributed by atoms with Gasteiger partial charge < -0.3 is 5.11 Å². The zero-order valence-corrected chi connectivity index (χ0v) is 15.2. The number of nitrogens with one attached hydrogen (secondary N) is 1. The summed E-state index contributed by atoms with van der Waals surface area (Å²) >= 11 is 0. The largest absolute Gasteiger partial charge is 0.506 e. The van der Waals surface area contributed by atoms with Crippen LogP contribution in [0.1, 0.15) is 19.4 Å². The number of anilines is 1. The van der Waals surface area contributed by atoms with Crippen molar-refractivity contribution in [2.75, 3.05) is 10.8 Å². The van der Waals surface area contributed by atoms with E-state index < -0.39 is 39.9 Å². The molecule has 8 heteroatoms. The number of rotatable bonds is 4. The van der Waals surface area contributed by atoms with E-state index in [1.165, 1.54) is 6.07 Å². The van der Waals surface area contributed by atoms with Crippen LogP contribution in [0.25, 0.3) is 11.1 Å². The summed E-state index contributed by atoms with van der Waals surface area (Å²) in [6.07, 6.45) is 0.923. The Bertz CT molecular complexity index is 933. The van der Waals surface area contributed by atoms with E-state index in [0.29, 0.717) is 21.4 Å². The molecule has 2 aromatic rings. The van der Waals surface area contributed by atoms with E-state index >= 15 is 0 Å². The van der Waals surface area contributed by atoms with Gasteiger partial charge in [0.25, 0.3) is 5.91 Å². The van der Waals surface area contributed by atoms with Gasteiger partial charge in [-0.1, -0.05) is 38.1 Å². The molecule has 0 spiro atoms. The molecule has 6 nitrogen and oxygen atoms in total. The van der Waals surface area contributed by atoms with E-state index in [9.17, 15) is 22.7 Å². The lowest BCUT2D eigenvalue weighted by molar-refractivity contribution is -0.117. The minimum atomic E-state index is -4.20. The maximum absolute atomic E-state index is 14.6. The van der Waals surface area contributed by atoms with Crippen molar-refractivity contribution in [3.63, 3.8) is 0 Å². The molecule has 1 fully saturated rings. The van der Waals surface area contributed by atoms with Gasteiger partial charge in [0, 0.05) is 0 Å². The van der Waals surface area contributed by atoms with Crippen molar-refractivity contribution in [2.24, 2.45) is 5.92 Å². The van der Waals surface area contributed by atoms with Crippen LogP contribution in [0, 0.1) is 11.7 Å². The first-order valence-electron chi connectivity index (χ1n) is 8.12. The molecule has 0 saturated carbocycles. The third-order valence-corrected chi connectivity index (χ3v) is 5.42. The van der Waals surface area contributed by atoms with Gasteiger partial charge in [-0.05, 0) is 41.2 Å². The van der Waals surface area contributed by atoms with Gasteiger partial charge in [0.05, 0.1) is 0 Å². The number of phenols is 1. The number of aromatic hydroxyl groups is 1. The lowest BCUT2D eigenvalue weighted by atomic mass is 9.99. The summed E-state index contributed by atoms with van der Waals surface area (Å²) in [5.74, 6) is -1.74. The standard InChI is InChI=1S/C18H19FN2O4S/c1-11(2)7-12-3-5-13(6-4-12)14-8-15(19)18(16(22)9-14)21-10-17(23)20-26(21,24)25/h3-6,8-9,11,22H,7,10H2,1-2H3,(H,20,23). The molecule has 0 atom stereocenters. The van der Waals surface area contributed by atoms with Gasteiger partial charge in [-0.2, -0.15) is 8.42 Å². The van der Waals surface area contributed by atoms with Gasteiger partial charge in [-0.3, -0.25) is 4.79 Å². The summed E-state index contributed by atoms with van der Waals surface area (Å²) in [4.78, 5) is 11.3. The average molecular weight is 378 g/mol. The van der Waals surface area contributed by atoms with Crippen LogP contribution in [0.2, 0.25) is 0 Å². The van der Waals surface area contributed by atoms with Crippen molar-refractivity contribution in [3.05, 3.63) is 47.8 Å². The molecule has 0 bridgehead atoms. The van der Waals surface area contributed by atoms with Crippen LogP contribution in [0.5, 0.6) is 5.75 Å². The van der Waals surface area contributed by atoms with Crippen molar-refractivity contribution in [2.45, 2.75) is 20.3 Å². The zero-order chi connectivity index (χ0) is 19.1. The molecular formula is C18H19FN2O4S. The number of carbonyl (C=O) groups is 1. The first-order chi connectivity index (χ1) is 12.2. The fourth-order valence-corrected chi connectivity index (χ4v) is 4.12. The number of halogens is 1. The van der Waals surface area contributed by atoms with E-state index in [0.717, 1.165) is 18.1 Å². The number of amides is 1. The second-order valence-corrected chi connectivity index (χ2v) is 8.25. The zero-order valence-electron chi connectivity index (χ0n) is 14.4. The van der Waals surface area contributed by atoms with Crippen LogP contribution < -0.4 is 9.03 Å². The molecule has 138 valence electrons. The maximum atomic E-state index is 14.6. The Morgan fingerprint density at radius 3 is 2.35 bits per heavy atom. The van der Waals surface area contributed by atoms with Crippen molar-refractivity contribution in [3.8, 4) is 16.9 Å². The smallest absolute Gasteiger partial charge is 0.326 e. The highest BCUT2D eigenvalue weighted by Crippen LogP contribution is 2.37. The number of hydrogen-bond donors (Lipinski definition) is 2. The Hall–Kier alpha value is -2.61. The predicted molar refractivity (Wildman–Crippen MR) is 96.5 cm³/mol. The summed E-state index contributed by atoms with van der Waals surface area (Å²) < 4.78 is 40.6. The fraction of sp³-hybridized carbons (Fsp3) is 0.278. The highest BCUT2D eigenvalue weighted by molar-refractivity contribution is 7.92. The number of nitrogens with zero attached hydrogens (tertiary/aromatic N) is 1. The Morgan fingerprint density at radius 1 is 1.19 bits per heavy atom. The van der Waals surface area contributed by atoms with Crippen LogP contribution in [0.15, 0.2) is 36.4 Å². The number of carbonyl (C=O) groups excluding carboxylic acids is 1. The molecule has 3 rings (SSSR count). The topological polar surface area (TPSA) is 86.7 Å². The molecule has 26 heavy (non-hydrogen) atoms. The molecule has 1 amide bonds. The molecule has 0 radical (unpaired) electrons. The van der Waals surface area contributed by atoms with E-state index in [4.69, 9.17) is 0 Å². The van der Waals surface area contributed by atoms with Gasteiger partial charge in [-0.15, -0.1) is 0 Å². The second kappa shape index (κ2) is 6.60. The Morgan fingerprint density at radius 2 is 1.85 bits per heavy atom. The lowest BCUT2D eigenvalue weighted by Crippen LogP contribution is -2.30. The van der Waals surface area contributed by atoms with Crippen LogP contribution in [0.4, 0.5) is 10.1 Å². The van der Waals surface area contributed by atoms with Gasteiger partial charge >= 0.3 is 10.2 Å². The van der Waals surface area contributed by atoms with Gasteiger partial charge in [0.2, 0.25) is 0 Å². The number of phenolic OH excluding ortho intramolecular Hbond substituents is 1. The molecular weight excluding hydrogens is 359 g/mol. The van der Waals surface area contributed by atoms with Crippen molar-refractivity contribution < 1.29 is 22.7 Å². The summed E-state index contributed by atoms with van der Waals surface area (Å²) in [6.45, 7) is 3.66. The Balaban J connectivity index is 1.96. The minimum Gasteiger partial charge on any atom is -0.506 e. The predicted octanol–water partition coefficient (Wildman–Crippen LogP) is 2.58. The van der Waals surface area contributed by atoms with E-state index in [2.05, 4.69) is 13.8 Å². The fourth-order valence-electron chi connectivity index (χ4n) is 2.95. The molecule has 0 aromatic heterocycles. The third-order valence-electron chi connectivity index (χ3n) is 4.04. The van der Waals surface area contributed by atoms with E-state index in [1.807, 2.05) is 24.3 Å². The Kier molecular flexibility index (Phi) is 4.62. The highest BCUT2D eigenvalue weighted by Gasteiger charge is 2.37. The van der Waals surface area contributed by atoms with E-state index in [-0.39, 0.29) is 0 Å². The molecule has 1 aliphatic rings. The van der Waals surface area contributed by atoms with Gasteiger partial charge in [-0.25, -0.2) is 13.4 Å². The third kappa shape index (κ3) is 3.50. The molecule has 0 unspecified atom stereocenters. The van der Waals surface area contributed by atoms with E-state index in [1.54, 1.807) is 4.72 Å². The first-order valence-corrected chi connectivity index (χ1v) is 9.56. The van der Waals surface area contributed by atoms with Crippen LogP contribution in [-0.4, -0.2) is 26.0 Å². The Labute approximate surface area is 151 Å². The molecule has 0 aliphatic carbocycles. The quantitative estimate of drug-likeness (QED) is 0.856.